The first-order valence-electron chi connectivity index (χ1n) is 20.9. The van der Waals surface area contributed by atoms with Crippen molar-refractivity contribution in [3.8, 4) is 0 Å². The van der Waals surface area contributed by atoms with Gasteiger partial charge >= 0.3 is 0 Å². The molecule has 6 aromatic rings. The predicted octanol–water partition coefficient (Wildman–Crippen LogP) is 12.9. The molecule has 1 saturated carbocycles. The van der Waals surface area contributed by atoms with Crippen LogP contribution in [0.5, 0.6) is 0 Å². The zero-order chi connectivity index (χ0) is 45.3. The van der Waals surface area contributed by atoms with Crippen molar-refractivity contribution in [2.24, 2.45) is 0 Å². The fourth-order valence-electron chi connectivity index (χ4n) is 6.96. The molecular formula is C42H65BrI6N14. The zero-order valence-corrected chi connectivity index (χ0v) is 50.1. The number of hydrogen-bond donors (Lipinski definition) is 3. The van der Waals surface area contributed by atoms with Gasteiger partial charge in [-0.15, -0.1) is 0 Å². The summed E-state index contributed by atoms with van der Waals surface area (Å²) in [6.07, 6.45) is 23.2. The van der Waals surface area contributed by atoms with Gasteiger partial charge in [-0.25, -0.2) is 28.5 Å². The fraction of sp³-hybridized carbons (Fsp3) is 0.571. The van der Waals surface area contributed by atoms with E-state index in [9.17, 15) is 0 Å². The smallest absolute Gasteiger partial charge is 0.152 e. The van der Waals surface area contributed by atoms with E-state index in [0.717, 1.165) is 41.7 Å². The summed E-state index contributed by atoms with van der Waals surface area (Å²) in [5.74, 6) is 1.58. The first kappa shape index (κ1) is 59.2. The number of nitrogens with two attached hydrogens (primary N) is 3. The second kappa shape index (κ2) is 34.3. The molecule has 3 aliphatic rings. The highest BCUT2D eigenvalue weighted by atomic mass is 127. The number of nitrogen functional groups attached to an aromatic ring is 3. The second-order valence-electron chi connectivity index (χ2n) is 14.5. The van der Waals surface area contributed by atoms with E-state index in [-0.39, 0.29) is 7.43 Å². The van der Waals surface area contributed by atoms with Crippen LogP contribution in [0.25, 0.3) is 16.6 Å². The fourth-order valence-corrected chi connectivity index (χ4v) is 7.60. The third kappa shape index (κ3) is 22.8. The number of piperidine rings is 2. The van der Waals surface area contributed by atoms with Crippen molar-refractivity contribution in [1.82, 2.24) is 53.6 Å². The Morgan fingerprint density at radius 3 is 1.52 bits per heavy atom. The van der Waals surface area contributed by atoms with E-state index in [0.29, 0.717) is 17.5 Å². The molecule has 0 atom stereocenters. The first-order chi connectivity index (χ1) is 29.9. The summed E-state index contributed by atoms with van der Waals surface area (Å²) < 4.78 is 9.17. The van der Waals surface area contributed by atoms with Crippen LogP contribution in [-0.4, -0.2) is 86.1 Å². The van der Waals surface area contributed by atoms with Crippen LogP contribution in [0.15, 0.2) is 60.0 Å². The molecule has 0 bridgehead atoms. The summed E-state index contributed by atoms with van der Waals surface area (Å²) >= 11 is 17.4. The van der Waals surface area contributed by atoms with Crippen LogP contribution in [0.2, 0.25) is 0 Å². The zero-order valence-electron chi connectivity index (χ0n) is 35.6. The lowest BCUT2D eigenvalue weighted by atomic mass is 10.0. The third-order valence-electron chi connectivity index (χ3n) is 9.70. The van der Waals surface area contributed by atoms with Crippen LogP contribution in [0.1, 0.15) is 110 Å². The summed E-state index contributed by atoms with van der Waals surface area (Å²) in [5, 5.41) is 12.5. The summed E-state index contributed by atoms with van der Waals surface area (Å²) in [6.45, 7) is 10.8. The number of likely N-dealkylation sites (tertiary alicyclic amines) is 2. The molecule has 0 amide bonds. The highest BCUT2D eigenvalue weighted by Crippen LogP contribution is 2.26. The molecule has 14 nitrogen and oxygen atoms in total. The van der Waals surface area contributed by atoms with Crippen molar-refractivity contribution in [3.05, 3.63) is 71.4 Å². The number of rotatable bonds is 4. The molecule has 2 saturated heterocycles. The van der Waals surface area contributed by atoms with Gasteiger partial charge in [-0.2, -0.15) is 15.3 Å². The Morgan fingerprint density at radius 2 is 1.03 bits per heavy atom. The van der Waals surface area contributed by atoms with Crippen molar-refractivity contribution in [2.45, 2.75) is 113 Å². The Hall–Kier alpha value is 0.0400. The molecular weight excluding hydrogens is 1540 g/mol. The average Bonchev–Trinajstić information content (AvgIpc) is 3.99. The van der Waals surface area contributed by atoms with Crippen LogP contribution in [0, 0.1) is 0 Å². The number of alkyl halides is 6. The van der Waals surface area contributed by atoms with Crippen LogP contribution < -0.4 is 17.2 Å². The van der Waals surface area contributed by atoms with Crippen LogP contribution >= 0.6 is 151 Å². The molecule has 2 aliphatic heterocycles. The van der Waals surface area contributed by atoms with Crippen molar-refractivity contribution in [1.29, 1.82) is 0 Å². The van der Waals surface area contributed by atoms with Crippen LogP contribution in [0.4, 0.5) is 17.5 Å². The molecule has 0 radical (unpaired) electrons. The maximum atomic E-state index is 5.89. The normalized spacial score (nSPS) is 15.1. The van der Waals surface area contributed by atoms with E-state index in [2.05, 4.69) is 218 Å². The molecule has 352 valence electrons. The van der Waals surface area contributed by atoms with E-state index in [1.54, 1.807) is 4.52 Å². The van der Waals surface area contributed by atoms with E-state index < -0.39 is 0 Å². The van der Waals surface area contributed by atoms with E-state index in [1.165, 1.54) is 132 Å². The second-order valence-corrected chi connectivity index (χ2v) is 33.9. The number of aromatic nitrogens is 9. The molecule has 0 spiro atoms. The Bertz CT molecular complexity index is 2070. The summed E-state index contributed by atoms with van der Waals surface area (Å²) in [5.41, 5.74) is 22.2. The van der Waals surface area contributed by atoms with Gasteiger partial charge in [0, 0.05) is 23.8 Å². The number of hydrogen-bond acceptors (Lipinski definition) is 11. The lowest BCUT2D eigenvalue weighted by molar-refractivity contribution is 0.217. The molecule has 3 fully saturated rings. The summed E-state index contributed by atoms with van der Waals surface area (Å²) in [4.78, 5) is 16.8. The quantitative estimate of drug-likeness (QED) is 0.113. The van der Waals surface area contributed by atoms with Crippen molar-refractivity contribution >= 4 is 185 Å². The van der Waals surface area contributed by atoms with Gasteiger partial charge in [0.15, 0.2) is 17.5 Å². The highest BCUT2D eigenvalue weighted by Gasteiger charge is 2.17. The molecule has 0 aromatic carbocycles. The van der Waals surface area contributed by atoms with Gasteiger partial charge in [0.1, 0.15) is 35.5 Å². The van der Waals surface area contributed by atoms with Gasteiger partial charge in [-0.05, 0) is 109 Å². The molecule has 9 rings (SSSR count). The van der Waals surface area contributed by atoms with Crippen LogP contribution in [0.3, 0.4) is 0 Å². The minimum absolute atomic E-state index is 0. The number of nitrogens with zero attached hydrogens (tertiary/aromatic N) is 11. The minimum Gasteiger partial charge on any atom is -0.382 e. The van der Waals surface area contributed by atoms with Crippen molar-refractivity contribution < 1.29 is 0 Å². The lowest BCUT2D eigenvalue weighted by Crippen LogP contribution is -2.29. The Balaban J connectivity index is 0.000000278. The van der Waals surface area contributed by atoms with E-state index >= 15 is 0 Å². The molecule has 63 heavy (non-hydrogen) atoms. The lowest BCUT2D eigenvalue weighted by Gasteiger charge is -2.25. The van der Waals surface area contributed by atoms with Gasteiger partial charge in [0.25, 0.3) is 0 Å². The Labute approximate surface area is 465 Å². The van der Waals surface area contributed by atoms with Crippen LogP contribution in [-0.2, 0) is 13.1 Å². The monoisotopic (exact) mass is 1610 g/mol. The Morgan fingerprint density at radius 1 is 0.619 bits per heavy atom. The molecule has 6 N–H and O–H groups in total. The average molecular weight is 1610 g/mol. The van der Waals surface area contributed by atoms with Gasteiger partial charge in [-0.1, -0.05) is 201 Å². The molecule has 1 aliphatic carbocycles. The highest BCUT2D eigenvalue weighted by molar-refractivity contribution is 14.3. The molecule has 21 heteroatoms. The largest absolute Gasteiger partial charge is 0.382 e. The molecule has 8 heterocycles. The van der Waals surface area contributed by atoms with Gasteiger partial charge in [0.2, 0.25) is 0 Å². The molecule has 0 unspecified atom stereocenters. The van der Waals surface area contributed by atoms with E-state index in [4.69, 9.17) is 17.2 Å². The van der Waals surface area contributed by atoms with Crippen molar-refractivity contribution in [2.75, 3.05) is 47.8 Å². The number of anilines is 3. The topological polar surface area (TPSA) is 175 Å². The van der Waals surface area contributed by atoms with Crippen molar-refractivity contribution in [3.63, 3.8) is 0 Å². The minimum atomic E-state index is 0. The number of halogens is 7. The SMILES string of the molecule is C.C1CCCCC1.CC(I)I.CCI.IC(I)I.Nc1ncnn2c(CN3CCCCC3)cc(Br)c12.Nc1ncnn2c(CN3CCCCC3)ccc12.Nc1ncnn2cccc12. The van der Waals surface area contributed by atoms with Gasteiger partial charge in [0.05, 0.1) is 13.3 Å². The maximum absolute atomic E-state index is 5.89. The molecule has 6 aromatic heterocycles. The predicted molar refractivity (Wildman–Crippen MR) is 320 cm³/mol. The van der Waals surface area contributed by atoms with Gasteiger partial charge in [-0.3, -0.25) is 9.80 Å². The summed E-state index contributed by atoms with van der Waals surface area (Å²) in [7, 11) is 0. The third-order valence-corrected chi connectivity index (χ3v) is 10.3. The standard InChI is InChI=1S/C12H16BrN5.C12H17N5.C6H6N4.C6H12.C2H4I2.C2H5I.CHI3.CH4/c13-10-6-9(7-17-4-2-1-3-5-17)18-11(10)12(14)15-8-16-18;13-12-11-5-4-10(17(11)15-9-14-12)8-16-6-2-1-3-7-16;7-6-5-2-1-3-10(5)9-4-8-6;1-2-4-6-5-3-1;1-2(3)4;1-2-3;2-1(3)4;/h6,8H,1-5,7H2,(H2,14,15,16);4-5,9H,1-3,6-8H2,(H2,13,14,15);1-4H,(H2,7,8,9);1-6H2;2H,1H3;2H2,1H3;1H;1H4. The number of fused-ring (bicyclic) bond motifs is 3. The van der Waals surface area contributed by atoms with E-state index in [1.807, 2.05) is 33.4 Å². The first-order valence-corrected chi connectivity index (χ1v) is 29.5. The Kier molecular flexibility index (Phi) is 32.3. The maximum Gasteiger partial charge on any atom is 0.152 e. The van der Waals surface area contributed by atoms with Gasteiger partial charge < -0.3 is 17.2 Å². The summed E-state index contributed by atoms with van der Waals surface area (Å²) in [6, 6.07) is 9.92.